The fourth-order valence-corrected chi connectivity index (χ4v) is 1.37. The van der Waals surface area contributed by atoms with Crippen molar-refractivity contribution in [2.75, 3.05) is 6.61 Å². The smallest absolute Gasteiger partial charge is 0.422 e. The molecular formula is C9H15F3O2Si. The van der Waals surface area contributed by atoms with E-state index in [2.05, 4.69) is 11.3 Å². The van der Waals surface area contributed by atoms with E-state index in [1.807, 2.05) is 19.6 Å². The van der Waals surface area contributed by atoms with Gasteiger partial charge >= 0.3 is 12.1 Å². The van der Waals surface area contributed by atoms with Crippen LogP contribution in [0.4, 0.5) is 13.2 Å². The largest absolute Gasteiger partial charge is 0.462 e. The Bertz CT molecular complexity index is 253. The quantitative estimate of drug-likeness (QED) is 0.429. The Morgan fingerprint density at radius 1 is 1.33 bits per heavy atom. The Morgan fingerprint density at radius 3 is 2.13 bits per heavy atom. The first-order valence-electron chi connectivity index (χ1n) is 4.47. The van der Waals surface area contributed by atoms with Crippen LogP contribution in [0.15, 0.2) is 12.2 Å². The van der Waals surface area contributed by atoms with Crippen LogP contribution >= 0.6 is 0 Å². The van der Waals surface area contributed by atoms with Gasteiger partial charge in [0.1, 0.15) is 5.57 Å². The second kappa shape index (κ2) is 4.83. The van der Waals surface area contributed by atoms with Gasteiger partial charge in [-0.25, -0.2) is 4.79 Å². The van der Waals surface area contributed by atoms with Crippen molar-refractivity contribution in [2.45, 2.75) is 31.9 Å². The zero-order valence-electron chi connectivity index (χ0n) is 9.07. The number of esters is 1. The SMILES string of the molecule is C=C(C(=O)OCC[Si](C)(C)C)C(F)(F)F. The van der Waals surface area contributed by atoms with Crippen molar-refractivity contribution >= 4 is 14.0 Å². The Hall–Kier alpha value is -0.783. The Labute approximate surface area is 88.1 Å². The van der Waals surface area contributed by atoms with E-state index in [0.717, 1.165) is 0 Å². The predicted octanol–water partition coefficient (Wildman–Crippen LogP) is 2.99. The van der Waals surface area contributed by atoms with Crippen LogP contribution < -0.4 is 0 Å². The van der Waals surface area contributed by atoms with E-state index in [1.165, 1.54) is 0 Å². The Kier molecular flexibility index (Phi) is 4.57. The van der Waals surface area contributed by atoms with E-state index >= 15 is 0 Å². The van der Waals surface area contributed by atoms with Crippen molar-refractivity contribution in [1.82, 2.24) is 0 Å². The third kappa shape index (κ3) is 6.32. The van der Waals surface area contributed by atoms with Crippen LogP contribution in [0.1, 0.15) is 0 Å². The molecule has 0 aromatic rings. The molecule has 0 rings (SSSR count). The molecule has 0 aromatic heterocycles. The molecule has 0 saturated carbocycles. The summed E-state index contributed by atoms with van der Waals surface area (Å²) in [5.74, 6) is -1.37. The highest BCUT2D eigenvalue weighted by atomic mass is 28.3. The van der Waals surface area contributed by atoms with E-state index in [9.17, 15) is 18.0 Å². The molecule has 0 aliphatic carbocycles. The molecule has 2 nitrogen and oxygen atoms in total. The molecule has 6 heteroatoms. The normalized spacial score (nSPS) is 12.4. The zero-order valence-corrected chi connectivity index (χ0v) is 10.1. The van der Waals surface area contributed by atoms with E-state index in [0.29, 0.717) is 6.04 Å². The van der Waals surface area contributed by atoms with Crippen LogP contribution in [0.25, 0.3) is 0 Å². The van der Waals surface area contributed by atoms with Crippen molar-refractivity contribution in [3.63, 3.8) is 0 Å². The number of halogens is 3. The highest BCUT2D eigenvalue weighted by Gasteiger charge is 2.37. The molecule has 0 saturated heterocycles. The fraction of sp³-hybridized carbons (Fsp3) is 0.667. The minimum Gasteiger partial charge on any atom is -0.462 e. The van der Waals surface area contributed by atoms with Gasteiger partial charge in [-0.1, -0.05) is 26.2 Å². The lowest BCUT2D eigenvalue weighted by atomic mass is 10.3. The van der Waals surface area contributed by atoms with Gasteiger partial charge in [-0.05, 0) is 6.04 Å². The van der Waals surface area contributed by atoms with E-state index in [1.54, 1.807) is 0 Å². The summed E-state index contributed by atoms with van der Waals surface area (Å²) in [5.41, 5.74) is -1.45. The number of alkyl halides is 3. The Balaban J connectivity index is 4.02. The Morgan fingerprint density at radius 2 is 1.80 bits per heavy atom. The van der Waals surface area contributed by atoms with Gasteiger partial charge in [0, 0.05) is 8.07 Å². The number of carbonyl (C=O) groups is 1. The van der Waals surface area contributed by atoms with Gasteiger partial charge in [0.05, 0.1) is 6.61 Å². The molecule has 0 spiro atoms. The van der Waals surface area contributed by atoms with Gasteiger partial charge in [-0.15, -0.1) is 0 Å². The average Bonchev–Trinajstić information content (AvgIpc) is 1.98. The van der Waals surface area contributed by atoms with Gasteiger partial charge in [0.15, 0.2) is 0 Å². The molecule has 0 atom stereocenters. The van der Waals surface area contributed by atoms with Crippen molar-refractivity contribution in [1.29, 1.82) is 0 Å². The van der Waals surface area contributed by atoms with E-state index in [-0.39, 0.29) is 6.61 Å². The number of hydrogen-bond donors (Lipinski definition) is 0. The maximum atomic E-state index is 12.0. The summed E-state index contributed by atoms with van der Waals surface area (Å²) in [4.78, 5) is 10.8. The lowest BCUT2D eigenvalue weighted by molar-refractivity contribution is -0.150. The van der Waals surface area contributed by atoms with Crippen LogP contribution in [-0.4, -0.2) is 26.8 Å². The fourth-order valence-electron chi connectivity index (χ4n) is 0.653. The van der Waals surface area contributed by atoms with E-state index < -0.39 is 25.8 Å². The van der Waals surface area contributed by atoms with Crippen molar-refractivity contribution < 1.29 is 22.7 Å². The van der Waals surface area contributed by atoms with Gasteiger partial charge in [0.2, 0.25) is 0 Å². The second-order valence-electron chi connectivity index (χ2n) is 4.42. The molecule has 15 heavy (non-hydrogen) atoms. The van der Waals surface area contributed by atoms with Crippen LogP contribution in [0, 0.1) is 0 Å². The number of rotatable bonds is 4. The standard InChI is InChI=1S/C9H15F3O2Si/c1-7(9(10,11)12)8(13)14-5-6-15(2,3)4/h1,5-6H2,2-4H3. The maximum absolute atomic E-state index is 12.0. The first kappa shape index (κ1) is 14.2. The van der Waals surface area contributed by atoms with Gasteiger partial charge in [0.25, 0.3) is 0 Å². The summed E-state index contributed by atoms with van der Waals surface area (Å²) in [7, 11) is -1.39. The molecule has 0 fully saturated rings. The third-order valence-electron chi connectivity index (χ3n) is 1.67. The first-order chi connectivity index (χ1) is 6.54. The molecule has 0 aromatic carbocycles. The molecule has 0 amide bonds. The lowest BCUT2D eigenvalue weighted by Crippen LogP contribution is -2.25. The molecular weight excluding hydrogens is 225 g/mol. The van der Waals surface area contributed by atoms with Crippen LogP contribution in [0.2, 0.25) is 25.7 Å². The zero-order chi connectivity index (χ0) is 12.3. The highest BCUT2D eigenvalue weighted by Crippen LogP contribution is 2.25. The summed E-state index contributed by atoms with van der Waals surface area (Å²) in [5, 5.41) is 0. The summed E-state index contributed by atoms with van der Waals surface area (Å²) in [6, 6.07) is 0.643. The molecule has 0 heterocycles. The third-order valence-corrected chi connectivity index (χ3v) is 3.38. The summed E-state index contributed by atoms with van der Waals surface area (Å²) in [6.07, 6.45) is -4.70. The van der Waals surface area contributed by atoms with Gasteiger partial charge in [-0.3, -0.25) is 0 Å². The minimum atomic E-state index is -4.70. The average molecular weight is 240 g/mol. The molecule has 0 N–H and O–H groups in total. The molecule has 0 radical (unpaired) electrons. The molecule has 0 bridgehead atoms. The van der Waals surface area contributed by atoms with Crippen LogP contribution in [0.5, 0.6) is 0 Å². The summed E-state index contributed by atoms with van der Waals surface area (Å²) < 4.78 is 40.4. The topological polar surface area (TPSA) is 26.3 Å². The molecule has 0 aliphatic rings. The van der Waals surface area contributed by atoms with Crippen molar-refractivity contribution in [2.24, 2.45) is 0 Å². The van der Waals surface area contributed by atoms with Crippen molar-refractivity contribution in [3.8, 4) is 0 Å². The lowest BCUT2D eigenvalue weighted by Gasteiger charge is -2.16. The van der Waals surface area contributed by atoms with Crippen LogP contribution in [-0.2, 0) is 9.53 Å². The summed E-state index contributed by atoms with van der Waals surface area (Å²) >= 11 is 0. The van der Waals surface area contributed by atoms with Gasteiger partial charge < -0.3 is 4.74 Å². The van der Waals surface area contributed by atoms with Gasteiger partial charge in [-0.2, -0.15) is 13.2 Å². The summed E-state index contributed by atoms with van der Waals surface area (Å²) in [6.45, 7) is 8.81. The molecule has 0 aliphatic heterocycles. The predicted molar refractivity (Wildman–Crippen MR) is 54.3 cm³/mol. The number of hydrogen-bond acceptors (Lipinski definition) is 2. The van der Waals surface area contributed by atoms with Crippen LogP contribution in [0.3, 0.4) is 0 Å². The first-order valence-corrected chi connectivity index (χ1v) is 8.18. The highest BCUT2D eigenvalue weighted by molar-refractivity contribution is 6.76. The number of ether oxygens (including phenoxy) is 1. The maximum Gasteiger partial charge on any atom is 0.422 e. The molecule has 88 valence electrons. The molecule has 0 unspecified atom stereocenters. The number of carbonyl (C=O) groups excluding carboxylic acids is 1. The second-order valence-corrected chi connectivity index (χ2v) is 10.0. The van der Waals surface area contributed by atoms with Crippen molar-refractivity contribution in [3.05, 3.63) is 12.2 Å². The monoisotopic (exact) mass is 240 g/mol. The van der Waals surface area contributed by atoms with E-state index in [4.69, 9.17) is 0 Å². The minimum absolute atomic E-state index is 0.0314.